The van der Waals surface area contributed by atoms with Crippen LogP contribution in [0, 0.1) is 0 Å². The van der Waals surface area contributed by atoms with Gasteiger partial charge >= 0.3 is 0 Å². The van der Waals surface area contributed by atoms with Crippen LogP contribution in [0.15, 0.2) is 146 Å². The number of nitrogens with zero attached hydrogens (tertiary/aromatic N) is 2. The van der Waals surface area contributed by atoms with E-state index in [9.17, 15) is 0 Å². The lowest BCUT2D eigenvalue weighted by atomic mass is 9.93. The van der Waals surface area contributed by atoms with Crippen LogP contribution in [0.1, 0.15) is 0 Å². The first kappa shape index (κ1) is 22.6. The molecule has 0 unspecified atom stereocenters. The summed E-state index contributed by atoms with van der Waals surface area (Å²) in [6.45, 7) is 0. The number of rotatable bonds is 3. The van der Waals surface area contributed by atoms with Crippen LogP contribution >= 0.6 is 0 Å². The fraction of sp³-hybridized carbons (Fsp3) is 0. The molecule has 0 radical (unpaired) electrons. The molecule has 2 aromatic heterocycles. The summed E-state index contributed by atoms with van der Waals surface area (Å²) >= 11 is 0. The van der Waals surface area contributed by atoms with Crippen LogP contribution in [0.4, 0.5) is 0 Å². The third-order valence-corrected chi connectivity index (χ3v) is 7.95. The summed E-state index contributed by atoms with van der Waals surface area (Å²) in [6, 6.07) is 47.4. The van der Waals surface area contributed by atoms with Crippen molar-refractivity contribution in [1.82, 2.24) is 9.97 Å². The minimum atomic E-state index is 0.865. The molecule has 8 aromatic rings. The minimum Gasteiger partial charge on any atom is -0.254 e. The van der Waals surface area contributed by atoms with Gasteiger partial charge in [0.25, 0.3) is 0 Å². The maximum atomic E-state index is 4.84. The highest BCUT2D eigenvalue weighted by molar-refractivity contribution is 6.14. The van der Waals surface area contributed by atoms with Crippen molar-refractivity contribution < 1.29 is 0 Å². The van der Waals surface area contributed by atoms with Gasteiger partial charge in [0.2, 0.25) is 0 Å². The van der Waals surface area contributed by atoms with Crippen molar-refractivity contribution in [3.05, 3.63) is 146 Å². The largest absolute Gasteiger partial charge is 0.254 e. The fourth-order valence-electron chi connectivity index (χ4n) is 6.00. The lowest BCUT2D eigenvalue weighted by Crippen LogP contribution is -1.91. The fourth-order valence-corrected chi connectivity index (χ4v) is 6.00. The minimum absolute atomic E-state index is 0.865. The number of benzene rings is 6. The molecule has 2 nitrogen and oxygen atoms in total. The summed E-state index contributed by atoms with van der Waals surface area (Å²) in [7, 11) is 0. The Kier molecular flexibility index (Phi) is 5.17. The Hall–Kier alpha value is -5.34. The molecule has 2 heteroatoms. The van der Waals surface area contributed by atoms with E-state index >= 15 is 0 Å². The van der Waals surface area contributed by atoms with Crippen molar-refractivity contribution in [2.45, 2.75) is 0 Å². The van der Waals surface area contributed by atoms with E-state index in [4.69, 9.17) is 9.97 Å². The van der Waals surface area contributed by atoms with E-state index in [0.29, 0.717) is 0 Å². The van der Waals surface area contributed by atoms with Crippen molar-refractivity contribution in [1.29, 1.82) is 0 Å². The second-order valence-electron chi connectivity index (χ2n) is 10.2. The van der Waals surface area contributed by atoms with Crippen molar-refractivity contribution >= 4 is 43.1 Å². The van der Waals surface area contributed by atoms with E-state index in [0.717, 1.165) is 22.5 Å². The Bertz CT molecular complexity index is 2030. The van der Waals surface area contributed by atoms with Gasteiger partial charge in [-0.25, -0.2) is 0 Å². The Balaban J connectivity index is 1.18. The van der Waals surface area contributed by atoms with Crippen LogP contribution < -0.4 is 0 Å². The van der Waals surface area contributed by atoms with E-state index in [2.05, 4.69) is 133 Å². The van der Waals surface area contributed by atoms with Gasteiger partial charge in [-0.05, 0) is 78.5 Å². The Morgan fingerprint density at radius 1 is 0.325 bits per heavy atom. The molecular formula is C38H24N2. The SMILES string of the molecule is c1ccc2c(c1)cc(-c1ccc(-c3ccc(-c4cc5ccccc5c5ccccc45)cn3)nc1)c1ccccc12. The van der Waals surface area contributed by atoms with Crippen LogP contribution in [-0.4, -0.2) is 9.97 Å². The standard InChI is InChI=1S/C38H24N2/c1-3-11-29-25(9-1)21-35(33-15-7-5-13-31(29)33)27-17-19-37(39-23-27)38-20-18-28(24-40-38)36-22-26-10-2-4-12-30(26)32-14-6-8-16-34(32)36/h1-24H. The molecule has 0 aliphatic heterocycles. The highest BCUT2D eigenvalue weighted by Gasteiger charge is 2.11. The highest BCUT2D eigenvalue weighted by Crippen LogP contribution is 2.37. The molecule has 8 rings (SSSR count). The predicted octanol–water partition coefficient (Wildman–Crippen LogP) is 10.1. The van der Waals surface area contributed by atoms with E-state index < -0.39 is 0 Å². The van der Waals surface area contributed by atoms with E-state index in [1.54, 1.807) is 0 Å². The normalized spacial score (nSPS) is 11.5. The Morgan fingerprint density at radius 2 is 0.700 bits per heavy atom. The third-order valence-electron chi connectivity index (χ3n) is 7.95. The lowest BCUT2D eigenvalue weighted by molar-refractivity contribution is 1.25. The van der Waals surface area contributed by atoms with Crippen LogP contribution in [0.5, 0.6) is 0 Å². The van der Waals surface area contributed by atoms with Gasteiger partial charge in [0.15, 0.2) is 0 Å². The topological polar surface area (TPSA) is 25.8 Å². The average Bonchev–Trinajstić information content (AvgIpc) is 3.04. The van der Waals surface area contributed by atoms with Crippen molar-refractivity contribution in [3.8, 4) is 33.6 Å². The van der Waals surface area contributed by atoms with Gasteiger partial charge in [0.1, 0.15) is 0 Å². The zero-order valence-electron chi connectivity index (χ0n) is 21.8. The molecule has 186 valence electrons. The molecule has 2 heterocycles. The van der Waals surface area contributed by atoms with Crippen molar-refractivity contribution in [2.24, 2.45) is 0 Å². The monoisotopic (exact) mass is 508 g/mol. The predicted molar refractivity (Wildman–Crippen MR) is 168 cm³/mol. The molecule has 0 saturated heterocycles. The zero-order valence-corrected chi connectivity index (χ0v) is 21.8. The summed E-state index contributed by atoms with van der Waals surface area (Å²) in [5.41, 5.74) is 6.32. The van der Waals surface area contributed by atoms with Crippen LogP contribution in [0.2, 0.25) is 0 Å². The molecule has 0 fully saturated rings. The zero-order chi connectivity index (χ0) is 26.5. The third kappa shape index (κ3) is 3.65. The molecule has 0 atom stereocenters. The summed E-state index contributed by atoms with van der Waals surface area (Å²) in [6.07, 6.45) is 3.94. The van der Waals surface area contributed by atoms with Crippen LogP contribution in [-0.2, 0) is 0 Å². The summed E-state index contributed by atoms with van der Waals surface area (Å²) in [5, 5.41) is 10.0. The van der Waals surface area contributed by atoms with Gasteiger partial charge in [-0.2, -0.15) is 0 Å². The van der Waals surface area contributed by atoms with Gasteiger partial charge in [-0.1, -0.05) is 109 Å². The first-order valence-electron chi connectivity index (χ1n) is 13.6. The number of hydrogen-bond donors (Lipinski definition) is 0. The molecule has 0 aliphatic rings. The second kappa shape index (κ2) is 9.14. The van der Waals surface area contributed by atoms with Gasteiger partial charge < -0.3 is 0 Å². The summed E-state index contributed by atoms with van der Waals surface area (Å²) in [5.74, 6) is 0. The first-order valence-corrected chi connectivity index (χ1v) is 13.6. The quantitative estimate of drug-likeness (QED) is 0.222. The number of fused-ring (bicyclic) bond motifs is 6. The molecule has 0 aliphatic carbocycles. The van der Waals surface area contributed by atoms with E-state index in [-0.39, 0.29) is 0 Å². The molecule has 0 spiro atoms. The molecular weight excluding hydrogens is 484 g/mol. The maximum absolute atomic E-state index is 4.84. The van der Waals surface area contributed by atoms with Gasteiger partial charge in [-0.15, -0.1) is 0 Å². The van der Waals surface area contributed by atoms with Gasteiger partial charge in [-0.3, -0.25) is 9.97 Å². The summed E-state index contributed by atoms with van der Waals surface area (Å²) in [4.78, 5) is 9.69. The average molecular weight is 509 g/mol. The van der Waals surface area contributed by atoms with Gasteiger partial charge in [0.05, 0.1) is 11.4 Å². The molecule has 0 bridgehead atoms. The Labute approximate surface area is 232 Å². The second-order valence-corrected chi connectivity index (χ2v) is 10.2. The summed E-state index contributed by atoms with van der Waals surface area (Å²) < 4.78 is 0. The molecule has 0 N–H and O–H groups in total. The molecule has 0 saturated carbocycles. The molecule has 6 aromatic carbocycles. The number of aromatic nitrogens is 2. The van der Waals surface area contributed by atoms with Crippen LogP contribution in [0.3, 0.4) is 0 Å². The van der Waals surface area contributed by atoms with Crippen molar-refractivity contribution in [3.63, 3.8) is 0 Å². The van der Waals surface area contributed by atoms with E-state index in [1.165, 1.54) is 54.2 Å². The van der Waals surface area contributed by atoms with E-state index in [1.807, 2.05) is 12.4 Å². The first-order chi connectivity index (χ1) is 19.8. The van der Waals surface area contributed by atoms with Crippen molar-refractivity contribution in [2.75, 3.05) is 0 Å². The maximum Gasteiger partial charge on any atom is 0.0886 e. The number of hydrogen-bond acceptors (Lipinski definition) is 2. The number of pyridine rings is 2. The molecule has 40 heavy (non-hydrogen) atoms. The lowest BCUT2D eigenvalue weighted by Gasteiger charge is -2.12. The molecule has 0 amide bonds. The van der Waals surface area contributed by atoms with Crippen LogP contribution in [0.25, 0.3) is 76.7 Å². The Morgan fingerprint density at radius 3 is 1.10 bits per heavy atom. The smallest absolute Gasteiger partial charge is 0.0886 e. The van der Waals surface area contributed by atoms with Gasteiger partial charge in [0, 0.05) is 23.5 Å². The highest BCUT2D eigenvalue weighted by atomic mass is 14.8.